The fourth-order valence-electron chi connectivity index (χ4n) is 6.14. The molecule has 54 heavy (non-hydrogen) atoms. The smallest absolute Gasteiger partial charge is 0.341 e. The van der Waals surface area contributed by atoms with E-state index in [0.717, 1.165) is 40.6 Å². The van der Waals surface area contributed by atoms with Gasteiger partial charge in [0.25, 0.3) is 5.69 Å². The molecule has 0 N–H and O–H groups in total. The van der Waals surface area contributed by atoms with Gasteiger partial charge in [0.2, 0.25) is 11.6 Å². The van der Waals surface area contributed by atoms with Crippen LogP contribution in [0.1, 0.15) is 73.5 Å². The van der Waals surface area contributed by atoms with E-state index in [1.54, 1.807) is 12.1 Å². The summed E-state index contributed by atoms with van der Waals surface area (Å²) in [6.07, 6.45) is 2.88. The summed E-state index contributed by atoms with van der Waals surface area (Å²) in [5.74, 6) is -5.30. The third-order valence-corrected chi connectivity index (χ3v) is 8.90. The number of nitro groups is 1. The highest BCUT2D eigenvalue weighted by atomic mass is 35.5. The van der Waals surface area contributed by atoms with Gasteiger partial charge in [-0.3, -0.25) is 19.7 Å². The Balaban J connectivity index is 1.61. The number of nitrogens with zero attached hydrogens (tertiary/aromatic N) is 3. The summed E-state index contributed by atoms with van der Waals surface area (Å²) in [6.45, 7) is 0. The first-order valence-electron chi connectivity index (χ1n) is 15.7. The average Bonchev–Trinajstić information content (AvgIpc) is 3.72. The Bertz CT molecular complexity index is 2590. The lowest BCUT2D eigenvalue weighted by Gasteiger charge is -2.09. The zero-order valence-corrected chi connectivity index (χ0v) is 29.5. The number of ether oxygens (including phenoxy) is 4. The molecule has 0 amide bonds. The van der Waals surface area contributed by atoms with Crippen molar-refractivity contribution >= 4 is 63.8 Å². The van der Waals surface area contributed by atoms with Crippen molar-refractivity contribution in [3.05, 3.63) is 145 Å². The van der Waals surface area contributed by atoms with E-state index in [0.29, 0.717) is 16.1 Å². The number of aromatic nitrogens is 2. The monoisotopic (exact) mass is 751 g/mol. The van der Waals surface area contributed by atoms with Gasteiger partial charge in [-0.15, -0.1) is 0 Å². The van der Waals surface area contributed by atoms with E-state index in [-0.39, 0.29) is 55.9 Å². The van der Waals surface area contributed by atoms with E-state index in [9.17, 15) is 38.9 Å². The van der Waals surface area contributed by atoms with Crippen molar-refractivity contribution in [2.45, 2.75) is 0 Å². The van der Waals surface area contributed by atoms with Crippen molar-refractivity contribution in [2.75, 3.05) is 28.4 Å². The van der Waals surface area contributed by atoms with E-state index >= 15 is 0 Å². The zero-order valence-electron chi connectivity index (χ0n) is 28.7. The summed E-state index contributed by atoms with van der Waals surface area (Å²) in [5.41, 5.74) is -0.979. The van der Waals surface area contributed by atoms with Gasteiger partial charge < -0.3 is 27.7 Å². The van der Waals surface area contributed by atoms with Crippen LogP contribution in [0.3, 0.4) is 0 Å². The molecule has 4 aromatic heterocycles. The number of pyridine rings is 2. The number of fused-ring (bicyclic) bond motifs is 2. The molecule has 0 spiro atoms. The third kappa shape index (κ3) is 6.11. The van der Waals surface area contributed by atoms with E-state index in [4.69, 9.17) is 30.5 Å². The maximum Gasteiger partial charge on any atom is 0.341 e. The molecule has 2 aromatic carbocycles. The molecule has 6 rings (SSSR count). The number of nitro benzene ring substituents is 1. The SMILES string of the molecule is COC(=O)c1c(C(=O)OC)c2cc(-c3ccn4c(C(=O)c5ccc([N+](=O)[O-])cc5)c(C(=O)OC)c(C(=O)OC)c4c3)ccn2c1C(=O)c1ccc(Cl)cc1. The molecule has 0 saturated heterocycles. The number of carbonyl (C=O) groups is 6. The number of methoxy groups -OCH3 is 4. The second kappa shape index (κ2) is 14.5. The lowest BCUT2D eigenvalue weighted by Crippen LogP contribution is -2.15. The Morgan fingerprint density at radius 3 is 1.26 bits per heavy atom. The number of rotatable bonds is 10. The molecule has 0 unspecified atom stereocenters. The highest BCUT2D eigenvalue weighted by molar-refractivity contribution is 6.30. The van der Waals surface area contributed by atoms with Gasteiger partial charge in [0.1, 0.15) is 33.6 Å². The van der Waals surface area contributed by atoms with Gasteiger partial charge in [-0.25, -0.2) is 19.2 Å². The van der Waals surface area contributed by atoms with Crippen LogP contribution in [0, 0.1) is 10.1 Å². The van der Waals surface area contributed by atoms with Crippen LogP contribution in [0.4, 0.5) is 5.69 Å². The highest BCUT2D eigenvalue weighted by Gasteiger charge is 2.35. The van der Waals surface area contributed by atoms with Crippen molar-refractivity contribution in [3.63, 3.8) is 0 Å². The fourth-order valence-corrected chi connectivity index (χ4v) is 6.27. The summed E-state index contributed by atoms with van der Waals surface area (Å²) in [4.78, 5) is 91.5. The number of hydrogen-bond donors (Lipinski definition) is 0. The van der Waals surface area contributed by atoms with Gasteiger partial charge in [0.05, 0.1) is 44.4 Å². The Hall–Kier alpha value is -7.13. The second-order valence-corrected chi connectivity index (χ2v) is 11.9. The van der Waals surface area contributed by atoms with Crippen LogP contribution in [0.15, 0.2) is 85.2 Å². The topological polar surface area (TPSA) is 191 Å². The number of esters is 4. The number of carbonyl (C=O) groups excluding carboxylic acids is 6. The summed E-state index contributed by atoms with van der Waals surface area (Å²) in [5, 5.41) is 11.6. The molecular formula is C38H26ClN3O12. The standard InChI is InChI=1S/C38H26ClN3O12/c1-51-35(45)27-25-17-21(13-15-40(25)31(29(27)37(47)53-3)33(43)19-5-9-23(39)10-6-19)22-14-16-41-26(18-22)28(36(46)52-2)30(38(48)54-4)32(41)34(44)20-7-11-24(12-8-20)42(49)50/h5-18H,1-4H3. The molecule has 0 bridgehead atoms. The van der Waals surface area contributed by atoms with E-state index in [1.165, 1.54) is 69.7 Å². The molecule has 272 valence electrons. The number of hydrogen-bond acceptors (Lipinski definition) is 12. The minimum absolute atomic E-state index is 0.0231. The second-order valence-electron chi connectivity index (χ2n) is 11.5. The number of ketones is 2. The average molecular weight is 752 g/mol. The molecule has 0 saturated carbocycles. The predicted molar refractivity (Wildman–Crippen MR) is 191 cm³/mol. The molecule has 0 radical (unpaired) electrons. The van der Waals surface area contributed by atoms with Crippen LogP contribution in [0.5, 0.6) is 0 Å². The van der Waals surface area contributed by atoms with Crippen molar-refractivity contribution in [2.24, 2.45) is 0 Å². The largest absolute Gasteiger partial charge is 0.465 e. The zero-order chi connectivity index (χ0) is 39.0. The quantitative estimate of drug-likeness (QED) is 0.0520. The van der Waals surface area contributed by atoms with Gasteiger partial charge in [0.15, 0.2) is 0 Å². The fraction of sp³-hybridized carbons (Fsp3) is 0.105. The molecule has 15 nitrogen and oxygen atoms in total. The normalized spacial score (nSPS) is 10.9. The number of halogens is 1. The Kier molecular flexibility index (Phi) is 9.83. The van der Waals surface area contributed by atoms with Gasteiger partial charge in [0, 0.05) is 40.7 Å². The highest BCUT2D eigenvalue weighted by Crippen LogP contribution is 2.34. The van der Waals surface area contributed by atoms with Crippen molar-refractivity contribution in [1.82, 2.24) is 8.80 Å². The van der Waals surface area contributed by atoms with Crippen LogP contribution in [0.25, 0.3) is 22.2 Å². The molecule has 0 aliphatic rings. The van der Waals surface area contributed by atoms with Crippen molar-refractivity contribution in [1.29, 1.82) is 0 Å². The maximum atomic E-state index is 14.0. The summed E-state index contributed by atoms with van der Waals surface area (Å²) < 4.78 is 22.6. The minimum atomic E-state index is -1.03. The first-order valence-corrected chi connectivity index (χ1v) is 16.0. The summed E-state index contributed by atoms with van der Waals surface area (Å²) in [7, 11) is 4.37. The van der Waals surface area contributed by atoms with Gasteiger partial charge in [-0.1, -0.05) is 11.6 Å². The molecule has 0 fully saturated rings. The Morgan fingerprint density at radius 2 is 0.907 bits per heavy atom. The van der Waals surface area contributed by atoms with Crippen LogP contribution < -0.4 is 0 Å². The lowest BCUT2D eigenvalue weighted by molar-refractivity contribution is -0.384. The Morgan fingerprint density at radius 1 is 0.556 bits per heavy atom. The van der Waals surface area contributed by atoms with Gasteiger partial charge >= 0.3 is 23.9 Å². The van der Waals surface area contributed by atoms with E-state index in [2.05, 4.69) is 0 Å². The summed E-state index contributed by atoms with van der Waals surface area (Å²) >= 11 is 6.03. The van der Waals surface area contributed by atoms with E-state index in [1.807, 2.05) is 0 Å². The maximum absolute atomic E-state index is 14.0. The molecule has 0 atom stereocenters. The van der Waals surface area contributed by atoms with Crippen molar-refractivity contribution in [3.8, 4) is 11.1 Å². The van der Waals surface area contributed by atoms with Crippen LogP contribution in [-0.4, -0.2) is 77.6 Å². The lowest BCUT2D eigenvalue weighted by atomic mass is 10.0. The molecule has 4 heterocycles. The van der Waals surface area contributed by atoms with Crippen LogP contribution >= 0.6 is 11.6 Å². The molecule has 0 aliphatic carbocycles. The number of benzene rings is 2. The first kappa shape index (κ1) is 36.7. The predicted octanol–water partition coefficient (Wildman–Crippen LogP) is 6.03. The molecule has 16 heteroatoms. The van der Waals surface area contributed by atoms with Crippen LogP contribution in [-0.2, 0) is 18.9 Å². The van der Waals surface area contributed by atoms with Crippen LogP contribution in [0.2, 0.25) is 5.02 Å². The molecule has 0 aliphatic heterocycles. The molecular weight excluding hydrogens is 726 g/mol. The molecule has 6 aromatic rings. The number of non-ortho nitro benzene ring substituents is 1. The van der Waals surface area contributed by atoms with Crippen molar-refractivity contribution < 1.29 is 52.6 Å². The third-order valence-electron chi connectivity index (χ3n) is 8.65. The van der Waals surface area contributed by atoms with Gasteiger partial charge in [-0.2, -0.15) is 0 Å². The minimum Gasteiger partial charge on any atom is -0.465 e. The Labute approximate surface area is 309 Å². The van der Waals surface area contributed by atoms with Gasteiger partial charge in [-0.05, 0) is 71.8 Å². The van der Waals surface area contributed by atoms with E-state index < -0.39 is 45.9 Å². The summed E-state index contributed by atoms with van der Waals surface area (Å²) in [6, 6.07) is 16.7. The first-order chi connectivity index (χ1) is 25.9.